The third-order valence-electron chi connectivity index (χ3n) is 3.22. The molecule has 0 aliphatic rings. The summed E-state index contributed by atoms with van der Waals surface area (Å²) in [6.45, 7) is 1.66. The average molecular weight is 318 g/mol. The van der Waals surface area contributed by atoms with E-state index < -0.39 is 17.4 Å². The van der Waals surface area contributed by atoms with Crippen LogP contribution in [0.1, 0.15) is 23.8 Å². The number of hydrogen-bond donors (Lipinski definition) is 2. The van der Waals surface area contributed by atoms with Gasteiger partial charge in [0.1, 0.15) is 0 Å². The molecule has 0 bridgehead atoms. The molecule has 1 heterocycles. The summed E-state index contributed by atoms with van der Waals surface area (Å²) in [6, 6.07) is 10.7. The number of hydrogen-bond acceptors (Lipinski definition) is 5. The fourth-order valence-corrected chi connectivity index (χ4v) is 2.24. The topological polar surface area (TPSA) is 102 Å². The van der Waals surface area contributed by atoms with Crippen LogP contribution in [-0.4, -0.2) is 41.4 Å². The first-order valence-corrected chi connectivity index (χ1v) is 6.99. The maximum Gasteiger partial charge on any atom is 0.305 e. The quantitative estimate of drug-likeness (QED) is 0.809. The van der Waals surface area contributed by atoms with Gasteiger partial charge in [0.15, 0.2) is 11.5 Å². The van der Waals surface area contributed by atoms with E-state index in [1.807, 2.05) is 30.3 Å². The lowest BCUT2D eigenvalue weighted by atomic mass is 9.98. The molecular formula is C16H18N2O5. The minimum Gasteiger partial charge on any atom is -0.481 e. The molecule has 122 valence electrons. The number of carboxylic acid groups (broad SMARTS) is 1. The van der Waals surface area contributed by atoms with Crippen molar-refractivity contribution in [2.45, 2.75) is 18.9 Å². The van der Waals surface area contributed by atoms with Crippen molar-refractivity contribution in [3.8, 4) is 11.3 Å². The molecular weight excluding hydrogens is 300 g/mol. The Balaban J connectivity index is 2.14. The Bertz CT molecular complexity index is 683. The Labute approximate surface area is 133 Å². The van der Waals surface area contributed by atoms with Crippen molar-refractivity contribution in [3.05, 3.63) is 42.1 Å². The summed E-state index contributed by atoms with van der Waals surface area (Å²) in [6.07, 6.45) is -0.268. The average Bonchev–Trinajstić information content (AvgIpc) is 2.97. The molecule has 1 unspecified atom stereocenters. The third kappa shape index (κ3) is 4.40. The van der Waals surface area contributed by atoms with E-state index in [1.165, 1.54) is 13.2 Å². The van der Waals surface area contributed by atoms with Gasteiger partial charge in [0, 0.05) is 18.7 Å². The molecule has 23 heavy (non-hydrogen) atoms. The molecule has 0 spiro atoms. The molecule has 7 heteroatoms. The van der Waals surface area contributed by atoms with Crippen molar-refractivity contribution in [3.63, 3.8) is 0 Å². The lowest BCUT2D eigenvalue weighted by molar-refractivity contribution is -0.139. The summed E-state index contributed by atoms with van der Waals surface area (Å²) in [5.74, 6) is -1.09. The second-order valence-electron chi connectivity index (χ2n) is 5.46. The van der Waals surface area contributed by atoms with Gasteiger partial charge in [-0.15, -0.1) is 0 Å². The first kappa shape index (κ1) is 16.7. The summed E-state index contributed by atoms with van der Waals surface area (Å²) in [7, 11) is 1.44. The normalized spacial score (nSPS) is 13.3. The fraction of sp³-hybridized carbons (Fsp3) is 0.312. The molecule has 0 aliphatic heterocycles. The van der Waals surface area contributed by atoms with Gasteiger partial charge in [0.25, 0.3) is 5.91 Å². The van der Waals surface area contributed by atoms with Gasteiger partial charge in [-0.3, -0.25) is 9.59 Å². The molecule has 1 aromatic heterocycles. The van der Waals surface area contributed by atoms with Crippen molar-refractivity contribution in [1.82, 2.24) is 10.5 Å². The number of nitrogens with one attached hydrogen (secondary N) is 1. The third-order valence-corrected chi connectivity index (χ3v) is 3.22. The van der Waals surface area contributed by atoms with Crippen LogP contribution in [0.25, 0.3) is 11.3 Å². The standard InChI is InChI=1S/C16H18N2O5/c1-16(10-22-2,9-14(19)20)17-15(21)12-8-13(23-18-12)11-6-4-3-5-7-11/h3-8H,9-10H2,1-2H3,(H,17,21)(H,19,20). The maximum atomic E-state index is 12.3. The van der Waals surface area contributed by atoms with Crippen LogP contribution in [0.2, 0.25) is 0 Å². The van der Waals surface area contributed by atoms with Crippen molar-refractivity contribution in [2.75, 3.05) is 13.7 Å². The van der Waals surface area contributed by atoms with Gasteiger partial charge in [-0.2, -0.15) is 0 Å². The Morgan fingerprint density at radius 3 is 2.65 bits per heavy atom. The van der Waals surface area contributed by atoms with Crippen LogP contribution in [0.4, 0.5) is 0 Å². The van der Waals surface area contributed by atoms with Gasteiger partial charge in [-0.25, -0.2) is 0 Å². The molecule has 0 fully saturated rings. The maximum absolute atomic E-state index is 12.3. The molecule has 1 atom stereocenters. The summed E-state index contributed by atoms with van der Waals surface area (Å²) >= 11 is 0. The van der Waals surface area contributed by atoms with Crippen LogP contribution in [0.3, 0.4) is 0 Å². The van der Waals surface area contributed by atoms with Crippen LogP contribution in [-0.2, 0) is 9.53 Å². The zero-order chi connectivity index (χ0) is 16.9. The zero-order valence-corrected chi connectivity index (χ0v) is 12.9. The van der Waals surface area contributed by atoms with Gasteiger partial charge in [0.05, 0.1) is 18.6 Å². The van der Waals surface area contributed by atoms with E-state index in [-0.39, 0.29) is 18.7 Å². The number of carbonyl (C=O) groups is 2. The van der Waals surface area contributed by atoms with E-state index in [9.17, 15) is 9.59 Å². The first-order valence-electron chi connectivity index (χ1n) is 6.99. The molecule has 2 rings (SSSR count). The molecule has 0 saturated heterocycles. The molecule has 0 radical (unpaired) electrons. The fourth-order valence-electron chi connectivity index (χ4n) is 2.24. The second kappa shape index (κ2) is 7.06. The predicted molar refractivity (Wildman–Crippen MR) is 81.9 cm³/mol. The Morgan fingerprint density at radius 1 is 1.35 bits per heavy atom. The number of amides is 1. The van der Waals surface area contributed by atoms with Crippen LogP contribution >= 0.6 is 0 Å². The first-order chi connectivity index (χ1) is 10.9. The van der Waals surface area contributed by atoms with Gasteiger partial charge >= 0.3 is 5.97 Å². The van der Waals surface area contributed by atoms with Gasteiger partial charge < -0.3 is 19.7 Å². The van der Waals surface area contributed by atoms with E-state index in [1.54, 1.807) is 6.92 Å². The molecule has 2 aromatic rings. The van der Waals surface area contributed by atoms with E-state index in [0.29, 0.717) is 5.76 Å². The van der Waals surface area contributed by atoms with Crippen LogP contribution in [0.15, 0.2) is 40.9 Å². The van der Waals surface area contributed by atoms with E-state index >= 15 is 0 Å². The predicted octanol–water partition coefficient (Wildman–Crippen LogP) is 1.95. The minimum atomic E-state index is -1.04. The minimum absolute atomic E-state index is 0.0639. The summed E-state index contributed by atoms with van der Waals surface area (Å²) < 4.78 is 10.2. The Hall–Kier alpha value is -2.67. The number of nitrogens with zero attached hydrogens (tertiary/aromatic N) is 1. The summed E-state index contributed by atoms with van der Waals surface area (Å²) in [4.78, 5) is 23.2. The van der Waals surface area contributed by atoms with Crippen molar-refractivity contribution in [1.29, 1.82) is 0 Å². The highest BCUT2D eigenvalue weighted by atomic mass is 16.5. The second-order valence-corrected chi connectivity index (χ2v) is 5.46. The van der Waals surface area contributed by atoms with Gasteiger partial charge in [0.2, 0.25) is 0 Å². The van der Waals surface area contributed by atoms with Crippen molar-refractivity contribution < 1.29 is 24.0 Å². The number of rotatable bonds is 7. The van der Waals surface area contributed by atoms with E-state index in [2.05, 4.69) is 10.5 Å². The SMILES string of the molecule is COCC(C)(CC(=O)O)NC(=O)c1cc(-c2ccccc2)on1. The molecule has 1 aromatic carbocycles. The number of carbonyl (C=O) groups excluding carboxylic acids is 1. The van der Waals surface area contributed by atoms with Crippen LogP contribution in [0.5, 0.6) is 0 Å². The highest BCUT2D eigenvalue weighted by Gasteiger charge is 2.31. The lowest BCUT2D eigenvalue weighted by Gasteiger charge is -2.27. The largest absolute Gasteiger partial charge is 0.481 e. The summed E-state index contributed by atoms with van der Waals surface area (Å²) in [5, 5.41) is 15.4. The van der Waals surface area contributed by atoms with Crippen molar-refractivity contribution >= 4 is 11.9 Å². The number of ether oxygens (including phenoxy) is 1. The zero-order valence-electron chi connectivity index (χ0n) is 12.9. The highest BCUT2D eigenvalue weighted by molar-refractivity contribution is 5.93. The Morgan fingerprint density at radius 2 is 2.04 bits per heavy atom. The van der Waals surface area contributed by atoms with Gasteiger partial charge in [-0.1, -0.05) is 35.5 Å². The van der Waals surface area contributed by atoms with E-state index in [4.69, 9.17) is 14.4 Å². The molecule has 7 nitrogen and oxygen atoms in total. The number of aliphatic carboxylic acids is 1. The smallest absolute Gasteiger partial charge is 0.305 e. The molecule has 2 N–H and O–H groups in total. The number of aromatic nitrogens is 1. The van der Waals surface area contributed by atoms with Crippen LogP contribution < -0.4 is 5.32 Å². The highest BCUT2D eigenvalue weighted by Crippen LogP contribution is 2.20. The van der Waals surface area contributed by atoms with Crippen molar-refractivity contribution in [2.24, 2.45) is 0 Å². The number of benzene rings is 1. The molecule has 0 saturated carbocycles. The Kier molecular flexibility index (Phi) is 5.13. The monoisotopic (exact) mass is 318 g/mol. The number of carboxylic acids is 1. The van der Waals surface area contributed by atoms with E-state index in [0.717, 1.165) is 5.56 Å². The summed E-state index contributed by atoms with van der Waals surface area (Å²) in [5.41, 5.74) is -0.162. The molecule has 0 aliphatic carbocycles. The lowest BCUT2D eigenvalue weighted by Crippen LogP contribution is -2.50. The number of methoxy groups -OCH3 is 1. The van der Waals surface area contributed by atoms with Crippen LogP contribution in [0, 0.1) is 0 Å². The van der Waals surface area contributed by atoms with Gasteiger partial charge in [-0.05, 0) is 6.92 Å². The molecule has 1 amide bonds.